The van der Waals surface area contributed by atoms with Crippen molar-refractivity contribution in [1.29, 1.82) is 5.41 Å². The van der Waals surface area contributed by atoms with Crippen LogP contribution in [0.4, 0.5) is 11.4 Å². The number of hydrogen-bond acceptors (Lipinski definition) is 3. The summed E-state index contributed by atoms with van der Waals surface area (Å²) in [6, 6.07) is 20.4. The molecule has 0 aliphatic heterocycles. The monoisotopic (exact) mass is 389 g/mol. The third-order valence-electron chi connectivity index (χ3n) is 4.59. The van der Waals surface area contributed by atoms with Crippen LogP contribution in [0.1, 0.15) is 23.6 Å². The molecule has 0 radical (unpaired) electrons. The molecule has 0 aliphatic carbocycles. The second-order valence-electron chi connectivity index (χ2n) is 6.48. The van der Waals surface area contributed by atoms with E-state index >= 15 is 0 Å². The van der Waals surface area contributed by atoms with Crippen molar-refractivity contribution >= 4 is 35.3 Å². The minimum absolute atomic E-state index is 0.656. The molecule has 4 heteroatoms. The van der Waals surface area contributed by atoms with Crippen molar-refractivity contribution in [3.63, 3.8) is 0 Å². The first kappa shape index (κ1) is 19.7. The number of anilines is 2. The standard InChI is InChI=1S/C24H24ClN3/c1-3-5-17-6-4-7-22(12-17)28-16-20-9-8-19(14-23(20)25)18-10-11-24(27-2)21(13-18)15-26/h3-15,26-28H,16H2,1-2H3/b5-3+,26-15?. The van der Waals surface area contributed by atoms with Crippen LogP contribution in [0.3, 0.4) is 0 Å². The van der Waals surface area contributed by atoms with Gasteiger partial charge in [0, 0.05) is 41.8 Å². The van der Waals surface area contributed by atoms with Gasteiger partial charge < -0.3 is 16.0 Å². The zero-order valence-corrected chi connectivity index (χ0v) is 16.8. The molecule has 0 heterocycles. The fraction of sp³-hybridized carbons (Fsp3) is 0.125. The lowest BCUT2D eigenvalue weighted by Gasteiger charge is -2.12. The van der Waals surface area contributed by atoms with Crippen molar-refractivity contribution in [2.75, 3.05) is 17.7 Å². The van der Waals surface area contributed by atoms with E-state index in [1.807, 2.05) is 50.4 Å². The van der Waals surface area contributed by atoms with Gasteiger partial charge in [-0.3, -0.25) is 0 Å². The largest absolute Gasteiger partial charge is 0.388 e. The summed E-state index contributed by atoms with van der Waals surface area (Å²) in [5, 5.41) is 14.9. The van der Waals surface area contributed by atoms with Crippen molar-refractivity contribution in [2.24, 2.45) is 0 Å². The third kappa shape index (κ3) is 4.62. The van der Waals surface area contributed by atoms with Gasteiger partial charge in [0.2, 0.25) is 0 Å². The molecule has 0 spiro atoms. The van der Waals surface area contributed by atoms with E-state index in [9.17, 15) is 0 Å². The van der Waals surface area contributed by atoms with E-state index in [2.05, 4.69) is 47.0 Å². The SMILES string of the molecule is C/C=C/c1cccc(NCc2ccc(-c3ccc(NC)c(C=N)c3)cc2Cl)c1. The minimum atomic E-state index is 0.656. The molecule has 0 unspecified atom stereocenters. The van der Waals surface area contributed by atoms with E-state index in [-0.39, 0.29) is 0 Å². The highest BCUT2D eigenvalue weighted by Gasteiger charge is 2.07. The predicted molar refractivity (Wildman–Crippen MR) is 123 cm³/mol. The third-order valence-corrected chi connectivity index (χ3v) is 4.94. The highest BCUT2D eigenvalue weighted by Crippen LogP contribution is 2.29. The Kier molecular flexibility index (Phi) is 6.51. The van der Waals surface area contributed by atoms with E-state index in [1.54, 1.807) is 0 Å². The molecular weight excluding hydrogens is 366 g/mol. The molecule has 142 valence electrons. The first-order valence-corrected chi connectivity index (χ1v) is 9.60. The van der Waals surface area contributed by atoms with E-state index in [4.69, 9.17) is 17.0 Å². The molecule has 3 nitrogen and oxygen atoms in total. The summed E-state index contributed by atoms with van der Waals surface area (Å²) in [6.45, 7) is 2.67. The Morgan fingerprint density at radius 2 is 1.79 bits per heavy atom. The van der Waals surface area contributed by atoms with Gasteiger partial charge in [0.15, 0.2) is 0 Å². The summed E-state index contributed by atoms with van der Waals surface area (Å²) >= 11 is 6.55. The topological polar surface area (TPSA) is 47.9 Å². The zero-order valence-electron chi connectivity index (χ0n) is 16.1. The lowest BCUT2D eigenvalue weighted by Crippen LogP contribution is -2.00. The number of nitrogens with one attached hydrogen (secondary N) is 3. The zero-order chi connectivity index (χ0) is 19.9. The average molecular weight is 390 g/mol. The van der Waals surface area contributed by atoms with Gasteiger partial charge >= 0.3 is 0 Å². The normalized spacial score (nSPS) is 10.8. The van der Waals surface area contributed by atoms with Crippen molar-refractivity contribution in [3.05, 3.63) is 88.5 Å². The van der Waals surface area contributed by atoms with Gasteiger partial charge in [-0.2, -0.15) is 0 Å². The molecular formula is C24H24ClN3. The van der Waals surface area contributed by atoms with Gasteiger partial charge in [0.1, 0.15) is 0 Å². The van der Waals surface area contributed by atoms with Crippen molar-refractivity contribution in [2.45, 2.75) is 13.5 Å². The van der Waals surface area contributed by atoms with Gasteiger partial charge in [0.05, 0.1) is 0 Å². The smallest absolute Gasteiger partial charge is 0.0461 e. The van der Waals surface area contributed by atoms with Gasteiger partial charge in [-0.25, -0.2) is 0 Å². The first-order valence-electron chi connectivity index (χ1n) is 9.22. The molecule has 3 N–H and O–H groups in total. The molecule has 0 amide bonds. The second-order valence-corrected chi connectivity index (χ2v) is 6.89. The van der Waals surface area contributed by atoms with Crippen LogP contribution in [0, 0.1) is 5.41 Å². The Balaban J connectivity index is 1.77. The van der Waals surface area contributed by atoms with E-state index < -0.39 is 0 Å². The molecule has 0 aliphatic rings. The minimum Gasteiger partial charge on any atom is -0.388 e. The van der Waals surface area contributed by atoms with Gasteiger partial charge in [-0.05, 0) is 59.5 Å². The maximum Gasteiger partial charge on any atom is 0.0461 e. The maximum atomic E-state index is 7.60. The number of hydrogen-bond donors (Lipinski definition) is 3. The fourth-order valence-electron chi connectivity index (χ4n) is 3.10. The highest BCUT2D eigenvalue weighted by molar-refractivity contribution is 6.31. The Hall–Kier alpha value is -3.04. The Morgan fingerprint density at radius 3 is 2.50 bits per heavy atom. The van der Waals surface area contributed by atoms with Gasteiger partial charge in [-0.15, -0.1) is 0 Å². The molecule has 3 rings (SSSR count). The van der Waals surface area contributed by atoms with Crippen LogP contribution < -0.4 is 10.6 Å². The van der Waals surface area contributed by atoms with E-state index in [0.717, 1.165) is 38.7 Å². The summed E-state index contributed by atoms with van der Waals surface area (Å²) in [7, 11) is 1.86. The van der Waals surface area contributed by atoms with Crippen LogP contribution in [0.2, 0.25) is 5.02 Å². The van der Waals surface area contributed by atoms with Crippen molar-refractivity contribution in [1.82, 2.24) is 0 Å². The summed E-state index contributed by atoms with van der Waals surface area (Å²) in [5.41, 5.74) is 7.14. The van der Waals surface area contributed by atoms with Crippen LogP contribution in [0.25, 0.3) is 17.2 Å². The van der Waals surface area contributed by atoms with E-state index in [1.165, 1.54) is 11.8 Å². The lowest BCUT2D eigenvalue weighted by molar-refractivity contribution is 1.15. The molecule has 0 fully saturated rings. The Bertz CT molecular complexity index is 1010. The second kappa shape index (κ2) is 9.25. The van der Waals surface area contributed by atoms with Crippen LogP contribution in [0.5, 0.6) is 0 Å². The Morgan fingerprint density at radius 1 is 1.00 bits per heavy atom. The number of benzene rings is 3. The lowest BCUT2D eigenvalue weighted by atomic mass is 10.0. The molecule has 3 aromatic carbocycles. The van der Waals surface area contributed by atoms with Crippen LogP contribution >= 0.6 is 11.6 Å². The van der Waals surface area contributed by atoms with Crippen LogP contribution in [-0.4, -0.2) is 13.3 Å². The molecule has 28 heavy (non-hydrogen) atoms. The van der Waals surface area contributed by atoms with Crippen LogP contribution in [-0.2, 0) is 6.54 Å². The molecule has 0 atom stereocenters. The van der Waals surface area contributed by atoms with E-state index in [0.29, 0.717) is 6.54 Å². The Labute approximate surface area is 171 Å². The first-order chi connectivity index (χ1) is 13.6. The van der Waals surface area contributed by atoms with Gasteiger partial charge in [-0.1, -0.05) is 54.1 Å². The molecule has 0 bridgehead atoms. The molecule has 3 aromatic rings. The molecule has 0 saturated heterocycles. The highest BCUT2D eigenvalue weighted by atomic mass is 35.5. The van der Waals surface area contributed by atoms with Gasteiger partial charge in [0.25, 0.3) is 0 Å². The van der Waals surface area contributed by atoms with Crippen LogP contribution in [0.15, 0.2) is 66.7 Å². The number of halogens is 1. The number of rotatable bonds is 7. The van der Waals surface area contributed by atoms with Crippen molar-refractivity contribution in [3.8, 4) is 11.1 Å². The summed E-state index contributed by atoms with van der Waals surface area (Å²) in [4.78, 5) is 0. The quantitative estimate of drug-likeness (QED) is 0.394. The average Bonchev–Trinajstić information content (AvgIpc) is 2.73. The predicted octanol–water partition coefficient (Wildman–Crippen LogP) is 6.69. The maximum absolute atomic E-state index is 7.60. The molecule has 0 saturated carbocycles. The number of allylic oxidation sites excluding steroid dienone is 1. The van der Waals surface area contributed by atoms with Crippen molar-refractivity contribution < 1.29 is 0 Å². The summed E-state index contributed by atoms with van der Waals surface area (Å²) in [5.74, 6) is 0. The fourth-order valence-corrected chi connectivity index (χ4v) is 3.35. The summed E-state index contributed by atoms with van der Waals surface area (Å²) in [6.07, 6.45) is 5.47. The summed E-state index contributed by atoms with van der Waals surface area (Å²) < 4.78 is 0. The molecule has 0 aromatic heterocycles.